The number of pyridine rings is 1. The van der Waals surface area contributed by atoms with E-state index in [9.17, 15) is 13.2 Å². The van der Waals surface area contributed by atoms with Gasteiger partial charge in [-0.25, -0.2) is 9.50 Å². The molecular formula is C23H22N8O3S2. The van der Waals surface area contributed by atoms with Crippen molar-refractivity contribution in [3.8, 4) is 0 Å². The minimum atomic E-state index is -3.88. The zero-order chi connectivity index (χ0) is 24.9. The number of benzene rings is 1. The van der Waals surface area contributed by atoms with E-state index in [-0.39, 0.29) is 10.9 Å². The van der Waals surface area contributed by atoms with Crippen molar-refractivity contribution in [3.05, 3.63) is 66.1 Å². The summed E-state index contributed by atoms with van der Waals surface area (Å²) in [5, 5.41) is 11.8. The molecule has 1 aromatic carbocycles. The zero-order valence-electron chi connectivity index (χ0n) is 19.2. The van der Waals surface area contributed by atoms with Gasteiger partial charge in [-0.1, -0.05) is 17.4 Å². The fourth-order valence-electron chi connectivity index (χ4n) is 4.19. The van der Waals surface area contributed by atoms with Crippen LogP contribution in [0.3, 0.4) is 0 Å². The van der Waals surface area contributed by atoms with E-state index in [1.54, 1.807) is 36.5 Å². The third-order valence-electron chi connectivity index (χ3n) is 5.92. The van der Waals surface area contributed by atoms with Gasteiger partial charge in [0.05, 0.1) is 27.1 Å². The van der Waals surface area contributed by atoms with Crippen molar-refractivity contribution in [1.82, 2.24) is 29.3 Å². The largest absolute Gasteiger partial charge is 0.300 e. The third-order valence-corrected chi connectivity index (χ3v) is 8.11. The van der Waals surface area contributed by atoms with Crippen LogP contribution in [-0.4, -0.2) is 57.2 Å². The van der Waals surface area contributed by atoms with Crippen molar-refractivity contribution in [2.24, 2.45) is 0 Å². The molecule has 1 aliphatic rings. The summed E-state index contributed by atoms with van der Waals surface area (Å²) in [4.78, 5) is 19.5. The monoisotopic (exact) mass is 522 g/mol. The Hall–Kier alpha value is -3.81. The number of hydrogen-bond donors (Lipinski definition) is 2. The number of fused-ring (bicyclic) bond motifs is 3. The number of aryl methyl sites for hydroxylation is 1. The lowest BCUT2D eigenvalue weighted by Gasteiger charge is -2.10. The van der Waals surface area contributed by atoms with E-state index in [1.807, 2.05) is 16.8 Å². The van der Waals surface area contributed by atoms with E-state index < -0.39 is 10.0 Å². The van der Waals surface area contributed by atoms with Crippen LogP contribution < -0.4 is 10.0 Å². The first-order chi connectivity index (χ1) is 17.3. The first-order valence-electron chi connectivity index (χ1n) is 11.3. The van der Waals surface area contributed by atoms with Crippen molar-refractivity contribution in [2.75, 3.05) is 23.6 Å². The second-order valence-electron chi connectivity index (χ2n) is 8.65. The predicted octanol–water partition coefficient (Wildman–Crippen LogP) is 3.03. The molecule has 5 heterocycles. The van der Waals surface area contributed by atoms with Crippen LogP contribution in [0.5, 0.6) is 0 Å². The fourth-order valence-corrected chi connectivity index (χ4v) is 6.10. The Kier molecular flexibility index (Phi) is 5.47. The van der Waals surface area contributed by atoms with Crippen LogP contribution in [0.1, 0.15) is 22.6 Å². The number of nitrogens with one attached hydrogen (secondary N) is 2. The minimum absolute atomic E-state index is 0.0734. The lowest BCUT2D eigenvalue weighted by Crippen LogP contribution is -2.17. The average molecular weight is 523 g/mol. The lowest BCUT2D eigenvalue weighted by atomic mass is 10.3. The maximum Gasteiger partial charge on any atom is 0.281 e. The number of nitrogens with zero attached hydrogens (tertiary/aromatic N) is 6. The van der Waals surface area contributed by atoms with Crippen molar-refractivity contribution in [3.63, 3.8) is 0 Å². The van der Waals surface area contributed by atoms with Crippen LogP contribution in [0.4, 0.5) is 10.8 Å². The predicted molar refractivity (Wildman–Crippen MR) is 137 cm³/mol. The highest BCUT2D eigenvalue weighted by Crippen LogP contribution is 2.29. The summed E-state index contributed by atoms with van der Waals surface area (Å²) in [6, 6.07) is 13.7. The van der Waals surface area contributed by atoms with Gasteiger partial charge in [0, 0.05) is 31.9 Å². The molecule has 36 heavy (non-hydrogen) atoms. The van der Waals surface area contributed by atoms with Gasteiger partial charge in [0.2, 0.25) is 0 Å². The quantitative estimate of drug-likeness (QED) is 0.363. The maximum atomic E-state index is 12.9. The molecule has 5 aromatic rings. The molecule has 0 saturated carbocycles. The molecule has 0 unspecified atom stereocenters. The Bertz CT molecular complexity index is 1690. The van der Waals surface area contributed by atoms with Crippen molar-refractivity contribution < 1.29 is 13.2 Å². The summed E-state index contributed by atoms with van der Waals surface area (Å²) in [6.45, 7) is 2.52. The first kappa shape index (κ1) is 22.6. The highest BCUT2D eigenvalue weighted by atomic mass is 32.2. The summed E-state index contributed by atoms with van der Waals surface area (Å²) in [5.41, 5.74) is 3.06. The Labute approximate surface area is 210 Å². The molecule has 0 spiro atoms. The average Bonchev–Trinajstić information content (AvgIpc) is 3.53. The van der Waals surface area contributed by atoms with Crippen LogP contribution in [0.2, 0.25) is 0 Å². The van der Waals surface area contributed by atoms with Gasteiger partial charge in [-0.2, -0.15) is 18.6 Å². The second-order valence-corrected chi connectivity index (χ2v) is 11.3. The minimum Gasteiger partial charge on any atom is -0.300 e. The number of hydrogen-bond acceptors (Lipinski definition) is 8. The summed E-state index contributed by atoms with van der Waals surface area (Å²) >= 11 is 1.26. The smallest absolute Gasteiger partial charge is 0.281 e. The molecule has 0 atom stereocenters. The topological polar surface area (TPSA) is 127 Å². The Morgan fingerprint density at radius 3 is 2.83 bits per heavy atom. The standard InChI is InChI=1S/C23H22N8O3S2/c1-29-8-4-10-31-17(14-29)12-19(26-31)22(32)25-23-24-18-7-6-15(11-20(18)35-23)28-36(33,34)21-13-16-5-2-3-9-30(16)27-21/h2-3,5-7,9,11-13,28H,4,8,10,14H2,1H3,(H,24,25,32). The molecule has 4 aromatic heterocycles. The molecule has 11 nitrogen and oxygen atoms in total. The third kappa shape index (κ3) is 4.32. The maximum absolute atomic E-state index is 12.9. The Morgan fingerprint density at radius 1 is 1.08 bits per heavy atom. The molecule has 1 aliphatic heterocycles. The highest BCUT2D eigenvalue weighted by molar-refractivity contribution is 7.92. The van der Waals surface area contributed by atoms with Crippen LogP contribution in [0, 0.1) is 0 Å². The molecule has 6 rings (SSSR count). The summed E-state index contributed by atoms with van der Waals surface area (Å²) in [5.74, 6) is -0.329. The van der Waals surface area contributed by atoms with Gasteiger partial charge in [0.25, 0.3) is 15.9 Å². The Balaban J connectivity index is 1.20. The fraction of sp³-hybridized carbons (Fsp3) is 0.217. The summed E-state index contributed by atoms with van der Waals surface area (Å²) < 4.78 is 32.4. The van der Waals surface area contributed by atoms with Crippen LogP contribution in [-0.2, 0) is 23.1 Å². The lowest BCUT2D eigenvalue weighted by molar-refractivity contribution is 0.102. The number of amides is 1. The number of anilines is 2. The summed E-state index contributed by atoms with van der Waals surface area (Å²) in [7, 11) is -1.83. The van der Waals surface area contributed by atoms with Gasteiger partial charge in [-0.3, -0.25) is 19.5 Å². The highest BCUT2D eigenvalue weighted by Gasteiger charge is 2.21. The zero-order valence-corrected chi connectivity index (χ0v) is 20.9. The van der Waals surface area contributed by atoms with Gasteiger partial charge >= 0.3 is 0 Å². The molecule has 0 aliphatic carbocycles. The van der Waals surface area contributed by atoms with Crippen LogP contribution in [0.25, 0.3) is 15.7 Å². The van der Waals surface area contributed by atoms with Crippen LogP contribution >= 0.6 is 11.3 Å². The van der Waals surface area contributed by atoms with E-state index in [1.165, 1.54) is 21.9 Å². The molecule has 13 heteroatoms. The number of sulfonamides is 1. The number of thiazole rings is 1. The first-order valence-corrected chi connectivity index (χ1v) is 13.6. The molecule has 2 N–H and O–H groups in total. The van der Waals surface area contributed by atoms with Gasteiger partial charge in [0.1, 0.15) is 0 Å². The van der Waals surface area contributed by atoms with E-state index in [0.29, 0.717) is 27.5 Å². The number of rotatable bonds is 5. The van der Waals surface area contributed by atoms with Gasteiger partial charge < -0.3 is 4.90 Å². The van der Waals surface area contributed by atoms with Crippen molar-refractivity contribution in [1.29, 1.82) is 0 Å². The molecule has 0 bridgehead atoms. The van der Waals surface area contributed by atoms with Gasteiger partial charge in [-0.15, -0.1) is 0 Å². The van der Waals surface area contributed by atoms with E-state index in [4.69, 9.17) is 0 Å². The van der Waals surface area contributed by atoms with Crippen molar-refractivity contribution in [2.45, 2.75) is 24.5 Å². The van der Waals surface area contributed by atoms with Gasteiger partial charge in [0.15, 0.2) is 15.9 Å². The van der Waals surface area contributed by atoms with Gasteiger partial charge in [-0.05, 0) is 49.9 Å². The van der Waals surface area contributed by atoms with E-state index >= 15 is 0 Å². The number of carbonyl (C=O) groups is 1. The Morgan fingerprint density at radius 2 is 1.97 bits per heavy atom. The van der Waals surface area contributed by atoms with E-state index in [2.05, 4.69) is 37.2 Å². The number of aromatic nitrogens is 5. The molecule has 0 fully saturated rings. The molecule has 0 radical (unpaired) electrons. The van der Waals surface area contributed by atoms with E-state index in [0.717, 1.165) is 36.4 Å². The molecular weight excluding hydrogens is 500 g/mol. The molecule has 0 saturated heterocycles. The normalized spacial score (nSPS) is 14.6. The molecule has 1 amide bonds. The summed E-state index contributed by atoms with van der Waals surface area (Å²) in [6.07, 6.45) is 2.67. The SMILES string of the molecule is CN1CCCn2nc(C(=O)Nc3nc4ccc(NS(=O)(=O)c5cc6ccccn6n5)cc4s3)cc2C1. The van der Waals surface area contributed by atoms with Crippen molar-refractivity contribution >= 4 is 53.8 Å². The number of carbonyl (C=O) groups excluding carboxylic acids is 1. The molecule has 184 valence electrons. The van der Waals surface area contributed by atoms with Crippen LogP contribution in [0.15, 0.2) is 59.8 Å². The second kappa shape index (κ2) is 8.69.